The summed E-state index contributed by atoms with van der Waals surface area (Å²) in [6, 6.07) is 9.40. The van der Waals surface area contributed by atoms with Crippen LogP contribution in [0, 0.1) is 0 Å². The topological polar surface area (TPSA) is 41.8 Å². The predicted molar refractivity (Wildman–Crippen MR) is 46.8 cm³/mol. The molecule has 3 heteroatoms. The van der Waals surface area contributed by atoms with E-state index in [9.17, 15) is 0 Å². The van der Waals surface area contributed by atoms with Crippen molar-refractivity contribution in [1.29, 1.82) is 0 Å². The van der Waals surface area contributed by atoms with Crippen LogP contribution < -0.4 is 4.74 Å². The molecule has 0 saturated heterocycles. The first kappa shape index (κ1) is 8.59. The Morgan fingerprint density at radius 2 is 2.08 bits per heavy atom. The molecular formula is C9H11NO2. The third-order valence-corrected chi connectivity index (χ3v) is 1.36. The SMILES string of the molecule is CC(COc1ccccc1)=NO. The Morgan fingerprint density at radius 1 is 1.42 bits per heavy atom. The van der Waals surface area contributed by atoms with Gasteiger partial charge in [0.05, 0.1) is 5.71 Å². The van der Waals surface area contributed by atoms with Crippen molar-refractivity contribution >= 4 is 5.71 Å². The maximum atomic E-state index is 8.32. The molecule has 0 aliphatic heterocycles. The maximum absolute atomic E-state index is 8.32. The first-order valence-corrected chi connectivity index (χ1v) is 3.68. The fourth-order valence-electron chi connectivity index (χ4n) is 0.733. The van der Waals surface area contributed by atoms with Gasteiger partial charge >= 0.3 is 0 Å². The monoisotopic (exact) mass is 165 g/mol. The number of hydrogen-bond acceptors (Lipinski definition) is 3. The molecule has 0 atom stereocenters. The highest BCUT2D eigenvalue weighted by molar-refractivity contribution is 5.82. The van der Waals surface area contributed by atoms with E-state index in [1.165, 1.54) is 0 Å². The number of para-hydroxylation sites is 1. The molecule has 0 fully saturated rings. The zero-order valence-corrected chi connectivity index (χ0v) is 6.90. The highest BCUT2D eigenvalue weighted by Gasteiger charge is 1.93. The van der Waals surface area contributed by atoms with Crippen LogP contribution in [0.1, 0.15) is 6.92 Å². The van der Waals surface area contributed by atoms with Gasteiger partial charge in [-0.1, -0.05) is 23.4 Å². The van der Waals surface area contributed by atoms with Crippen molar-refractivity contribution in [3.05, 3.63) is 30.3 Å². The quantitative estimate of drug-likeness (QED) is 0.422. The highest BCUT2D eigenvalue weighted by Crippen LogP contribution is 2.07. The molecule has 0 amide bonds. The smallest absolute Gasteiger partial charge is 0.129 e. The first-order valence-electron chi connectivity index (χ1n) is 3.68. The Morgan fingerprint density at radius 3 is 2.67 bits per heavy atom. The van der Waals surface area contributed by atoms with Crippen LogP contribution in [-0.4, -0.2) is 17.5 Å². The summed E-state index contributed by atoms with van der Waals surface area (Å²) in [4.78, 5) is 0. The second-order valence-electron chi connectivity index (χ2n) is 2.44. The van der Waals surface area contributed by atoms with E-state index in [1.54, 1.807) is 6.92 Å². The van der Waals surface area contributed by atoms with E-state index in [2.05, 4.69) is 5.16 Å². The molecule has 0 bridgehead atoms. The summed E-state index contributed by atoms with van der Waals surface area (Å²) in [6.45, 7) is 2.02. The lowest BCUT2D eigenvalue weighted by Gasteiger charge is -2.03. The van der Waals surface area contributed by atoms with Crippen LogP contribution in [0.2, 0.25) is 0 Å². The van der Waals surface area contributed by atoms with Gasteiger partial charge in [0, 0.05) is 0 Å². The molecule has 64 valence electrons. The van der Waals surface area contributed by atoms with Gasteiger partial charge in [-0.15, -0.1) is 0 Å². The number of benzene rings is 1. The Bertz CT molecular complexity index is 256. The molecule has 0 radical (unpaired) electrons. The molecule has 0 aliphatic carbocycles. The molecule has 0 spiro atoms. The van der Waals surface area contributed by atoms with Gasteiger partial charge in [-0.2, -0.15) is 0 Å². The normalized spacial score (nSPS) is 11.2. The summed E-state index contributed by atoms with van der Waals surface area (Å²) >= 11 is 0. The Balaban J connectivity index is 2.44. The van der Waals surface area contributed by atoms with Crippen molar-refractivity contribution in [1.82, 2.24) is 0 Å². The van der Waals surface area contributed by atoms with E-state index in [0.29, 0.717) is 12.3 Å². The fourth-order valence-corrected chi connectivity index (χ4v) is 0.733. The molecule has 0 saturated carbocycles. The molecule has 1 N–H and O–H groups in total. The lowest BCUT2D eigenvalue weighted by Crippen LogP contribution is -2.06. The average molecular weight is 165 g/mol. The average Bonchev–Trinajstić information content (AvgIpc) is 2.16. The lowest BCUT2D eigenvalue weighted by molar-refractivity contribution is 0.307. The van der Waals surface area contributed by atoms with E-state index < -0.39 is 0 Å². The molecule has 0 aliphatic rings. The minimum Gasteiger partial charge on any atom is -0.488 e. The summed E-state index contributed by atoms with van der Waals surface area (Å²) in [5, 5.41) is 11.3. The van der Waals surface area contributed by atoms with Crippen molar-refractivity contribution in [3.63, 3.8) is 0 Å². The first-order chi connectivity index (χ1) is 5.83. The number of ether oxygens (including phenoxy) is 1. The van der Waals surface area contributed by atoms with Crippen LogP contribution in [0.25, 0.3) is 0 Å². The van der Waals surface area contributed by atoms with Gasteiger partial charge in [0.2, 0.25) is 0 Å². The standard InChI is InChI=1S/C9H11NO2/c1-8(10-11)7-12-9-5-3-2-4-6-9/h2-6,11H,7H2,1H3. The van der Waals surface area contributed by atoms with Crippen molar-refractivity contribution in [2.24, 2.45) is 5.16 Å². The zero-order valence-electron chi connectivity index (χ0n) is 6.90. The lowest BCUT2D eigenvalue weighted by atomic mass is 10.3. The third-order valence-electron chi connectivity index (χ3n) is 1.36. The molecule has 1 aromatic carbocycles. The summed E-state index contributed by atoms with van der Waals surface area (Å²) < 4.78 is 5.27. The van der Waals surface area contributed by atoms with Crippen LogP contribution in [0.5, 0.6) is 5.75 Å². The van der Waals surface area contributed by atoms with Gasteiger partial charge in [-0.05, 0) is 19.1 Å². The third kappa shape index (κ3) is 2.62. The fraction of sp³-hybridized carbons (Fsp3) is 0.222. The summed E-state index contributed by atoms with van der Waals surface area (Å²) in [7, 11) is 0. The minimum absolute atomic E-state index is 0.320. The predicted octanol–water partition coefficient (Wildman–Crippen LogP) is 1.92. The Kier molecular flexibility index (Phi) is 3.14. The van der Waals surface area contributed by atoms with Crippen LogP contribution in [-0.2, 0) is 0 Å². The van der Waals surface area contributed by atoms with E-state index in [1.807, 2.05) is 30.3 Å². The van der Waals surface area contributed by atoms with Crippen LogP contribution >= 0.6 is 0 Å². The number of oxime groups is 1. The molecule has 1 rings (SSSR count). The van der Waals surface area contributed by atoms with Crippen molar-refractivity contribution in [2.75, 3.05) is 6.61 Å². The molecule has 0 unspecified atom stereocenters. The number of hydrogen-bond donors (Lipinski definition) is 1. The molecular weight excluding hydrogens is 154 g/mol. The van der Waals surface area contributed by atoms with Gasteiger partial charge in [0.1, 0.15) is 12.4 Å². The van der Waals surface area contributed by atoms with E-state index in [0.717, 1.165) is 5.75 Å². The minimum atomic E-state index is 0.320. The van der Waals surface area contributed by atoms with Crippen LogP contribution in [0.15, 0.2) is 35.5 Å². The van der Waals surface area contributed by atoms with Gasteiger partial charge < -0.3 is 9.94 Å². The Labute approximate surface area is 71.3 Å². The van der Waals surface area contributed by atoms with E-state index >= 15 is 0 Å². The van der Waals surface area contributed by atoms with Crippen molar-refractivity contribution in [3.8, 4) is 5.75 Å². The van der Waals surface area contributed by atoms with Crippen molar-refractivity contribution in [2.45, 2.75) is 6.92 Å². The molecule has 3 nitrogen and oxygen atoms in total. The molecule has 0 heterocycles. The Hall–Kier alpha value is -1.51. The number of rotatable bonds is 3. The largest absolute Gasteiger partial charge is 0.488 e. The van der Waals surface area contributed by atoms with Gasteiger partial charge in [-0.3, -0.25) is 0 Å². The van der Waals surface area contributed by atoms with Gasteiger partial charge in [0.25, 0.3) is 0 Å². The van der Waals surface area contributed by atoms with E-state index in [4.69, 9.17) is 9.94 Å². The summed E-state index contributed by atoms with van der Waals surface area (Å²) in [5.41, 5.74) is 0.554. The molecule has 0 aromatic heterocycles. The second kappa shape index (κ2) is 4.38. The van der Waals surface area contributed by atoms with E-state index in [-0.39, 0.29) is 0 Å². The summed E-state index contributed by atoms with van der Waals surface area (Å²) in [6.07, 6.45) is 0. The highest BCUT2D eigenvalue weighted by atomic mass is 16.5. The maximum Gasteiger partial charge on any atom is 0.129 e. The zero-order chi connectivity index (χ0) is 8.81. The van der Waals surface area contributed by atoms with Crippen LogP contribution in [0.4, 0.5) is 0 Å². The molecule has 12 heavy (non-hydrogen) atoms. The number of nitrogens with zero attached hydrogens (tertiary/aromatic N) is 1. The van der Waals surface area contributed by atoms with Gasteiger partial charge in [0.15, 0.2) is 0 Å². The second-order valence-corrected chi connectivity index (χ2v) is 2.44. The summed E-state index contributed by atoms with van der Waals surface area (Å²) in [5.74, 6) is 0.778. The van der Waals surface area contributed by atoms with Gasteiger partial charge in [-0.25, -0.2) is 0 Å². The van der Waals surface area contributed by atoms with Crippen LogP contribution in [0.3, 0.4) is 0 Å². The molecule has 1 aromatic rings. The van der Waals surface area contributed by atoms with Crippen molar-refractivity contribution < 1.29 is 9.94 Å².